The SMILES string of the molecule is CCC[n+]1ccc(-c2cc3cc4c(cc3oc2=O)N(CCCC(=O)O)CCC4)cc1. The molecule has 3 aromatic rings. The number of rotatable bonds is 7. The monoisotopic (exact) mass is 407 g/mol. The Morgan fingerprint density at radius 3 is 2.77 bits per heavy atom. The van der Waals surface area contributed by atoms with Crippen LogP contribution in [0.2, 0.25) is 0 Å². The molecule has 0 saturated heterocycles. The molecule has 0 saturated carbocycles. The maximum absolute atomic E-state index is 12.7. The molecule has 30 heavy (non-hydrogen) atoms. The summed E-state index contributed by atoms with van der Waals surface area (Å²) in [5.41, 5.74) is 3.92. The van der Waals surface area contributed by atoms with E-state index in [1.165, 1.54) is 5.56 Å². The molecule has 1 aromatic carbocycles. The molecule has 0 unspecified atom stereocenters. The van der Waals surface area contributed by atoms with Gasteiger partial charge >= 0.3 is 11.6 Å². The van der Waals surface area contributed by atoms with E-state index in [2.05, 4.69) is 22.5 Å². The van der Waals surface area contributed by atoms with Gasteiger partial charge in [0.2, 0.25) is 0 Å². The lowest BCUT2D eigenvalue weighted by Crippen LogP contribution is -2.32. The number of hydrogen-bond donors (Lipinski definition) is 1. The Hall–Kier alpha value is -3.15. The molecule has 1 aliphatic heterocycles. The van der Waals surface area contributed by atoms with Gasteiger partial charge in [0.1, 0.15) is 12.1 Å². The molecular weight excluding hydrogens is 380 g/mol. The van der Waals surface area contributed by atoms with Gasteiger partial charge in [0.25, 0.3) is 0 Å². The van der Waals surface area contributed by atoms with E-state index in [1.54, 1.807) is 0 Å². The second kappa shape index (κ2) is 8.69. The molecule has 6 nitrogen and oxygen atoms in total. The van der Waals surface area contributed by atoms with Crippen LogP contribution in [0, 0.1) is 0 Å². The lowest BCUT2D eigenvalue weighted by atomic mass is 9.98. The molecule has 2 aromatic heterocycles. The molecule has 0 fully saturated rings. The van der Waals surface area contributed by atoms with E-state index in [1.807, 2.05) is 36.7 Å². The Morgan fingerprint density at radius 1 is 1.23 bits per heavy atom. The summed E-state index contributed by atoms with van der Waals surface area (Å²) < 4.78 is 7.80. The first-order chi connectivity index (χ1) is 14.5. The Morgan fingerprint density at radius 2 is 2.03 bits per heavy atom. The highest BCUT2D eigenvalue weighted by Crippen LogP contribution is 2.32. The number of nitrogens with zero attached hydrogens (tertiary/aromatic N) is 2. The van der Waals surface area contributed by atoms with E-state index < -0.39 is 5.97 Å². The molecule has 6 heteroatoms. The number of aromatic nitrogens is 1. The molecule has 0 amide bonds. The van der Waals surface area contributed by atoms with Crippen LogP contribution in [-0.2, 0) is 17.8 Å². The van der Waals surface area contributed by atoms with Crippen LogP contribution in [0.4, 0.5) is 5.69 Å². The van der Waals surface area contributed by atoms with Crippen LogP contribution in [0.15, 0.2) is 51.9 Å². The van der Waals surface area contributed by atoms with Gasteiger partial charge in [-0.1, -0.05) is 6.92 Å². The van der Waals surface area contributed by atoms with Crippen molar-refractivity contribution in [2.45, 2.75) is 45.6 Å². The lowest BCUT2D eigenvalue weighted by Gasteiger charge is -2.31. The third kappa shape index (κ3) is 4.22. The van der Waals surface area contributed by atoms with Gasteiger partial charge in [-0.2, -0.15) is 0 Å². The summed E-state index contributed by atoms with van der Waals surface area (Å²) in [6.45, 7) is 4.66. The van der Waals surface area contributed by atoms with Gasteiger partial charge in [-0.3, -0.25) is 4.79 Å². The van der Waals surface area contributed by atoms with Crippen molar-refractivity contribution < 1.29 is 18.9 Å². The van der Waals surface area contributed by atoms with Crippen LogP contribution in [0.5, 0.6) is 0 Å². The van der Waals surface area contributed by atoms with E-state index >= 15 is 0 Å². The number of benzene rings is 1. The predicted octanol–water partition coefficient (Wildman–Crippen LogP) is 3.77. The lowest BCUT2D eigenvalue weighted by molar-refractivity contribution is -0.696. The summed E-state index contributed by atoms with van der Waals surface area (Å²) in [7, 11) is 0. The van der Waals surface area contributed by atoms with Crippen molar-refractivity contribution in [3.8, 4) is 11.1 Å². The molecular formula is C24H27N2O4+. The molecule has 3 heterocycles. The van der Waals surface area contributed by atoms with Gasteiger partial charge < -0.3 is 14.4 Å². The van der Waals surface area contributed by atoms with Crippen LogP contribution in [0.25, 0.3) is 22.1 Å². The zero-order chi connectivity index (χ0) is 21.1. The number of aliphatic carboxylic acids is 1. The Labute approximate surface area is 175 Å². The van der Waals surface area contributed by atoms with Crippen molar-refractivity contribution in [3.63, 3.8) is 0 Å². The molecule has 0 atom stereocenters. The molecule has 0 aliphatic carbocycles. The Kier molecular flexibility index (Phi) is 5.84. The van der Waals surface area contributed by atoms with Crippen molar-refractivity contribution in [3.05, 3.63) is 58.7 Å². The molecule has 156 valence electrons. The highest BCUT2D eigenvalue weighted by molar-refractivity contribution is 5.86. The second-order valence-electron chi connectivity index (χ2n) is 7.88. The average Bonchev–Trinajstić information content (AvgIpc) is 2.73. The minimum absolute atomic E-state index is 0.160. The average molecular weight is 407 g/mol. The van der Waals surface area contributed by atoms with Crippen molar-refractivity contribution in [2.24, 2.45) is 0 Å². The largest absolute Gasteiger partial charge is 0.481 e. The molecule has 0 spiro atoms. The summed E-state index contributed by atoms with van der Waals surface area (Å²) in [6, 6.07) is 9.88. The predicted molar refractivity (Wildman–Crippen MR) is 116 cm³/mol. The Balaban J connectivity index is 1.67. The van der Waals surface area contributed by atoms with Gasteiger partial charge in [0.15, 0.2) is 12.4 Å². The van der Waals surface area contributed by atoms with Crippen molar-refractivity contribution in [2.75, 3.05) is 18.0 Å². The van der Waals surface area contributed by atoms with Crippen molar-refractivity contribution in [1.29, 1.82) is 0 Å². The number of carbonyl (C=O) groups is 1. The standard InChI is InChI=1S/C24H26N2O4/c1-2-9-25-12-7-17(8-13-25)20-15-19-14-18-5-3-10-26(11-4-6-23(27)28)21(18)16-22(19)30-24(20)29/h7-8,12-16H,2-6,9-11H2,1H3/p+1. The van der Waals surface area contributed by atoms with Crippen LogP contribution in [0.3, 0.4) is 0 Å². The molecule has 4 rings (SSSR count). The Bertz CT molecular complexity index is 1120. The third-order valence-corrected chi connectivity index (χ3v) is 5.65. The zero-order valence-corrected chi connectivity index (χ0v) is 17.3. The maximum Gasteiger partial charge on any atom is 0.344 e. The minimum atomic E-state index is -0.773. The molecule has 0 radical (unpaired) electrons. The number of pyridine rings is 1. The van der Waals surface area contributed by atoms with Crippen LogP contribution in [-0.4, -0.2) is 24.2 Å². The van der Waals surface area contributed by atoms with Gasteiger partial charge in [-0.25, -0.2) is 9.36 Å². The van der Waals surface area contributed by atoms with Crippen LogP contribution < -0.4 is 15.1 Å². The molecule has 1 aliphatic rings. The summed E-state index contributed by atoms with van der Waals surface area (Å²) in [5, 5.41) is 9.82. The molecule has 0 bridgehead atoms. The van der Waals surface area contributed by atoms with Crippen molar-refractivity contribution >= 4 is 22.6 Å². The smallest absolute Gasteiger partial charge is 0.344 e. The fourth-order valence-electron chi connectivity index (χ4n) is 4.18. The summed E-state index contributed by atoms with van der Waals surface area (Å²) >= 11 is 0. The van der Waals surface area contributed by atoms with Gasteiger partial charge in [-0.05, 0) is 37.0 Å². The summed E-state index contributed by atoms with van der Waals surface area (Å²) in [4.78, 5) is 25.7. The number of carboxylic acid groups (broad SMARTS) is 1. The van der Waals surface area contributed by atoms with Gasteiger partial charge in [-0.15, -0.1) is 0 Å². The highest BCUT2D eigenvalue weighted by Gasteiger charge is 2.19. The normalized spacial score (nSPS) is 13.4. The number of aryl methyl sites for hydroxylation is 2. The first-order valence-corrected chi connectivity index (χ1v) is 10.6. The van der Waals surface area contributed by atoms with E-state index in [9.17, 15) is 9.59 Å². The first-order valence-electron chi connectivity index (χ1n) is 10.6. The van der Waals surface area contributed by atoms with Gasteiger partial charge in [0, 0.05) is 60.8 Å². The first kappa shape index (κ1) is 20.1. The van der Waals surface area contributed by atoms with Crippen molar-refractivity contribution in [1.82, 2.24) is 0 Å². The summed E-state index contributed by atoms with van der Waals surface area (Å²) in [5.74, 6) is -0.773. The fraction of sp³-hybridized carbons (Fsp3) is 0.375. The number of fused-ring (bicyclic) bond motifs is 2. The number of hydrogen-bond acceptors (Lipinski definition) is 4. The minimum Gasteiger partial charge on any atom is -0.481 e. The topological polar surface area (TPSA) is 74.6 Å². The van der Waals surface area contributed by atoms with E-state index in [0.29, 0.717) is 24.1 Å². The quantitative estimate of drug-likeness (QED) is 0.477. The number of anilines is 1. The van der Waals surface area contributed by atoms with Crippen LogP contribution in [0.1, 0.15) is 38.2 Å². The maximum atomic E-state index is 12.7. The highest BCUT2D eigenvalue weighted by atomic mass is 16.4. The van der Waals surface area contributed by atoms with Crippen LogP contribution >= 0.6 is 0 Å². The third-order valence-electron chi connectivity index (χ3n) is 5.65. The molecule has 1 N–H and O–H groups in total. The second-order valence-corrected chi connectivity index (χ2v) is 7.88. The fourth-order valence-corrected chi connectivity index (χ4v) is 4.18. The summed E-state index contributed by atoms with van der Waals surface area (Å²) in [6.07, 6.45) is 7.80. The van der Waals surface area contributed by atoms with E-state index in [0.717, 1.165) is 49.0 Å². The van der Waals surface area contributed by atoms with E-state index in [-0.39, 0.29) is 12.0 Å². The number of carboxylic acids is 1. The zero-order valence-electron chi connectivity index (χ0n) is 17.3. The van der Waals surface area contributed by atoms with E-state index in [4.69, 9.17) is 9.52 Å². The van der Waals surface area contributed by atoms with Gasteiger partial charge in [0.05, 0.1) is 5.56 Å².